The zero-order chi connectivity index (χ0) is 13.0. The third kappa shape index (κ3) is 2.00. The molecule has 0 aromatic heterocycles. The smallest absolute Gasteiger partial charge is 0.143 e. The average Bonchev–Trinajstić information content (AvgIpc) is 2.40. The molecule has 4 rings (SSSR count). The lowest BCUT2D eigenvalue weighted by atomic mass is 9.52. The molecule has 4 N–H and O–H groups in total. The van der Waals surface area contributed by atoms with Crippen molar-refractivity contribution in [2.75, 3.05) is 6.54 Å². The van der Waals surface area contributed by atoms with Gasteiger partial charge in [0, 0.05) is 12.5 Å². The number of halogens is 1. The van der Waals surface area contributed by atoms with Crippen molar-refractivity contribution in [3.63, 3.8) is 0 Å². The number of hydrogen-bond donors (Lipinski definition) is 2. The Morgan fingerprint density at radius 3 is 2.95 bits per heavy atom. The number of piperidine rings is 1. The molecule has 21 heavy (non-hydrogen) atoms. The van der Waals surface area contributed by atoms with E-state index in [1.54, 1.807) is 6.07 Å². The second-order valence-electron chi connectivity index (χ2n) is 6.21. The molecule has 2 fully saturated rings. The fraction of sp³-hybridized carbons (Fsp3) is 0.562. The van der Waals surface area contributed by atoms with Gasteiger partial charge in [0.1, 0.15) is 11.5 Å². The number of aromatic hydroxyl groups is 1. The lowest BCUT2D eigenvalue weighted by molar-refractivity contribution is -0.132. The molecule has 1 heterocycles. The molecule has 0 spiro atoms. The third-order valence-electron chi connectivity index (χ3n) is 5.52. The number of nitrogens with one attached hydrogen (secondary N) is 1. The zero-order valence-corrected chi connectivity index (χ0v) is 12.7. The zero-order valence-electron chi connectivity index (χ0n) is 11.9. The van der Waals surface area contributed by atoms with Crippen molar-refractivity contribution in [3.8, 4) is 5.75 Å². The fourth-order valence-electron chi connectivity index (χ4n) is 4.75. The van der Waals surface area contributed by atoms with Crippen LogP contribution in [0.4, 0.5) is 0 Å². The SMILES string of the molecule is Cl.O.O=C1CCC[C@H]2[C@H]3Cc4c(O)cccc4[C@@]12CCN3. The largest absolute Gasteiger partial charge is 0.508 e. The highest BCUT2D eigenvalue weighted by Gasteiger charge is 2.56. The number of fused-ring (bicyclic) bond motifs is 1. The van der Waals surface area contributed by atoms with Crippen molar-refractivity contribution in [1.29, 1.82) is 0 Å². The minimum Gasteiger partial charge on any atom is -0.508 e. The van der Waals surface area contributed by atoms with E-state index in [2.05, 4.69) is 11.4 Å². The summed E-state index contributed by atoms with van der Waals surface area (Å²) in [5, 5.41) is 13.7. The van der Waals surface area contributed by atoms with Crippen molar-refractivity contribution in [2.24, 2.45) is 5.92 Å². The molecule has 1 aromatic carbocycles. The van der Waals surface area contributed by atoms with Gasteiger partial charge in [0.25, 0.3) is 0 Å². The molecule has 1 saturated carbocycles. The predicted molar refractivity (Wildman–Crippen MR) is 83.1 cm³/mol. The van der Waals surface area contributed by atoms with Gasteiger partial charge in [-0.15, -0.1) is 12.4 Å². The van der Waals surface area contributed by atoms with E-state index < -0.39 is 0 Å². The summed E-state index contributed by atoms with van der Waals surface area (Å²) in [5.41, 5.74) is 1.83. The summed E-state index contributed by atoms with van der Waals surface area (Å²) in [5.74, 6) is 1.20. The van der Waals surface area contributed by atoms with Crippen LogP contribution < -0.4 is 5.32 Å². The maximum atomic E-state index is 12.7. The Labute approximate surface area is 130 Å². The molecule has 0 radical (unpaired) electrons. The number of carbonyl (C=O) groups excluding carboxylic acids is 1. The van der Waals surface area contributed by atoms with Crippen LogP contribution in [0.25, 0.3) is 0 Å². The summed E-state index contributed by atoms with van der Waals surface area (Å²) in [7, 11) is 0. The topological polar surface area (TPSA) is 80.8 Å². The van der Waals surface area contributed by atoms with Crippen LogP contribution in [0.15, 0.2) is 18.2 Å². The van der Waals surface area contributed by atoms with Gasteiger partial charge in [-0.05, 0) is 55.3 Å². The van der Waals surface area contributed by atoms with E-state index in [4.69, 9.17) is 0 Å². The monoisotopic (exact) mass is 311 g/mol. The normalized spacial score (nSPS) is 33.0. The van der Waals surface area contributed by atoms with E-state index in [0.717, 1.165) is 43.4 Å². The molecule has 0 amide bonds. The highest BCUT2D eigenvalue weighted by Crippen LogP contribution is 2.53. The van der Waals surface area contributed by atoms with Crippen molar-refractivity contribution in [3.05, 3.63) is 29.3 Å². The van der Waals surface area contributed by atoms with Crippen LogP contribution in [0.1, 0.15) is 36.8 Å². The first-order valence-electron chi connectivity index (χ1n) is 7.31. The number of hydrogen-bond acceptors (Lipinski definition) is 3. The van der Waals surface area contributed by atoms with Gasteiger partial charge in [-0.25, -0.2) is 0 Å². The van der Waals surface area contributed by atoms with Crippen LogP contribution in [-0.4, -0.2) is 29.0 Å². The molecule has 4 nitrogen and oxygen atoms in total. The molecule has 2 aliphatic carbocycles. The number of phenols is 1. The fourth-order valence-corrected chi connectivity index (χ4v) is 4.75. The maximum absolute atomic E-state index is 12.7. The maximum Gasteiger partial charge on any atom is 0.143 e. The molecular weight excluding hydrogens is 290 g/mol. The molecule has 116 valence electrons. The van der Waals surface area contributed by atoms with Gasteiger partial charge in [0.05, 0.1) is 5.41 Å². The molecule has 2 bridgehead atoms. The second kappa shape index (κ2) is 5.59. The number of phenolic OH excluding ortho intramolecular Hbond substituents is 1. The molecule has 1 saturated heterocycles. The van der Waals surface area contributed by atoms with Crippen LogP contribution in [0.2, 0.25) is 0 Å². The first-order valence-corrected chi connectivity index (χ1v) is 7.31. The lowest BCUT2D eigenvalue weighted by Crippen LogP contribution is -2.62. The molecule has 5 heteroatoms. The van der Waals surface area contributed by atoms with Crippen LogP contribution in [0.3, 0.4) is 0 Å². The number of Topliss-reactive ketones (excluding diaryl/α,β-unsaturated/α-hetero) is 1. The number of ketones is 1. The average molecular weight is 312 g/mol. The van der Waals surface area contributed by atoms with Gasteiger partial charge in [-0.2, -0.15) is 0 Å². The summed E-state index contributed by atoms with van der Waals surface area (Å²) < 4.78 is 0. The lowest BCUT2D eigenvalue weighted by Gasteiger charge is -2.54. The Morgan fingerprint density at radius 1 is 1.33 bits per heavy atom. The van der Waals surface area contributed by atoms with Crippen molar-refractivity contribution in [1.82, 2.24) is 5.32 Å². The minimum atomic E-state index is -0.305. The second-order valence-corrected chi connectivity index (χ2v) is 6.21. The van der Waals surface area contributed by atoms with Crippen molar-refractivity contribution >= 4 is 18.2 Å². The Morgan fingerprint density at radius 2 is 2.14 bits per heavy atom. The number of carbonyl (C=O) groups is 1. The molecular formula is C16H22ClNO3. The first kappa shape index (κ1) is 16.3. The van der Waals surface area contributed by atoms with Gasteiger partial charge >= 0.3 is 0 Å². The van der Waals surface area contributed by atoms with Gasteiger partial charge < -0.3 is 15.9 Å². The van der Waals surface area contributed by atoms with E-state index in [1.807, 2.05) is 6.07 Å². The summed E-state index contributed by atoms with van der Waals surface area (Å²) in [6.07, 6.45) is 4.62. The van der Waals surface area contributed by atoms with Crippen molar-refractivity contribution < 1.29 is 15.4 Å². The summed E-state index contributed by atoms with van der Waals surface area (Å²) in [6, 6.07) is 6.08. The minimum absolute atomic E-state index is 0. The highest BCUT2D eigenvalue weighted by molar-refractivity contribution is 5.92. The summed E-state index contributed by atoms with van der Waals surface area (Å²) in [6.45, 7) is 0.919. The Kier molecular flexibility index (Phi) is 4.34. The van der Waals surface area contributed by atoms with Gasteiger partial charge in [-0.1, -0.05) is 12.1 Å². The predicted octanol–water partition coefficient (Wildman–Crippen LogP) is 1.51. The van der Waals surface area contributed by atoms with E-state index >= 15 is 0 Å². The molecule has 3 atom stereocenters. The standard InChI is InChI=1S/C16H19NO2.ClH.H2O/c18-14-5-1-3-11-10(14)9-13-12-4-2-6-15(19)16(11,12)7-8-17-13;;/h1,3,5,12-13,17-18H,2,4,6-9H2;1H;1H2/t12-,13+,16+;;/m0../s1. The molecule has 1 aromatic rings. The Balaban J connectivity index is 0.000000807. The van der Waals surface area contributed by atoms with E-state index in [-0.39, 0.29) is 23.3 Å². The molecule has 1 aliphatic heterocycles. The molecule has 3 aliphatic rings. The first-order chi connectivity index (χ1) is 9.23. The van der Waals surface area contributed by atoms with Crippen LogP contribution in [-0.2, 0) is 16.6 Å². The third-order valence-corrected chi connectivity index (χ3v) is 5.52. The Bertz CT molecular complexity index is 562. The summed E-state index contributed by atoms with van der Waals surface area (Å²) >= 11 is 0. The van der Waals surface area contributed by atoms with E-state index in [0.29, 0.717) is 29.9 Å². The van der Waals surface area contributed by atoms with Gasteiger partial charge in [0.15, 0.2) is 0 Å². The number of rotatable bonds is 0. The highest BCUT2D eigenvalue weighted by atomic mass is 35.5. The van der Waals surface area contributed by atoms with Crippen LogP contribution >= 0.6 is 12.4 Å². The van der Waals surface area contributed by atoms with Gasteiger partial charge in [-0.3, -0.25) is 4.79 Å². The van der Waals surface area contributed by atoms with Gasteiger partial charge in [0.2, 0.25) is 0 Å². The summed E-state index contributed by atoms with van der Waals surface area (Å²) in [4.78, 5) is 12.7. The van der Waals surface area contributed by atoms with Crippen molar-refractivity contribution in [2.45, 2.75) is 43.6 Å². The number of benzene rings is 1. The Hall–Kier alpha value is -1.10. The molecule has 0 unspecified atom stereocenters. The van der Waals surface area contributed by atoms with Crippen LogP contribution in [0, 0.1) is 5.92 Å². The van der Waals surface area contributed by atoms with E-state index in [1.165, 1.54) is 0 Å². The van der Waals surface area contributed by atoms with E-state index in [9.17, 15) is 9.90 Å². The van der Waals surface area contributed by atoms with Crippen LogP contribution in [0.5, 0.6) is 5.75 Å². The quantitative estimate of drug-likeness (QED) is 0.762.